The Balaban J connectivity index is 2.54. The summed E-state index contributed by atoms with van der Waals surface area (Å²) in [6, 6.07) is 3.41. The number of urea groups is 1. The van der Waals surface area contributed by atoms with E-state index in [1.54, 1.807) is 6.07 Å². The highest BCUT2D eigenvalue weighted by Gasteiger charge is 2.06. The minimum atomic E-state index is -0.942. The lowest BCUT2D eigenvalue weighted by atomic mass is 10.3. The lowest BCUT2D eigenvalue weighted by molar-refractivity contribution is -0.118. The van der Waals surface area contributed by atoms with E-state index in [1.807, 2.05) is 5.32 Å². The average molecular weight is 290 g/mol. The molecule has 5 nitrogen and oxygen atoms in total. The predicted molar refractivity (Wildman–Crippen MR) is 60.3 cm³/mol. The molecule has 0 bridgehead atoms. The van der Waals surface area contributed by atoms with Gasteiger partial charge in [-0.1, -0.05) is 15.9 Å². The first-order chi connectivity index (χ1) is 7.49. The van der Waals surface area contributed by atoms with Gasteiger partial charge in [-0.15, -0.1) is 0 Å². The van der Waals surface area contributed by atoms with E-state index < -0.39 is 17.8 Å². The zero-order valence-electron chi connectivity index (χ0n) is 8.09. The van der Waals surface area contributed by atoms with Gasteiger partial charge in [-0.2, -0.15) is 0 Å². The van der Waals surface area contributed by atoms with E-state index in [2.05, 4.69) is 21.2 Å². The van der Waals surface area contributed by atoms with Crippen molar-refractivity contribution in [2.75, 3.05) is 11.9 Å². The lowest BCUT2D eigenvalue weighted by Crippen LogP contribution is -2.38. The standard InChI is InChI=1S/C9H9BrFN3O2/c10-5-1-2-7(6(11)3-5)13-4-8(15)14-9(12)16/h1-3,13H,4H2,(H3,12,14,15,16). The van der Waals surface area contributed by atoms with Crippen LogP contribution in [-0.4, -0.2) is 18.5 Å². The van der Waals surface area contributed by atoms with Crippen LogP contribution in [0.5, 0.6) is 0 Å². The number of nitrogens with two attached hydrogens (primary N) is 1. The molecule has 86 valence electrons. The number of rotatable bonds is 3. The molecule has 0 saturated carbocycles. The monoisotopic (exact) mass is 289 g/mol. The normalized spacial score (nSPS) is 9.62. The van der Waals surface area contributed by atoms with Gasteiger partial charge >= 0.3 is 6.03 Å². The van der Waals surface area contributed by atoms with E-state index in [9.17, 15) is 14.0 Å². The number of anilines is 1. The smallest absolute Gasteiger partial charge is 0.318 e. The fourth-order valence-corrected chi connectivity index (χ4v) is 1.32. The van der Waals surface area contributed by atoms with Crippen LogP contribution in [0.4, 0.5) is 14.9 Å². The summed E-state index contributed by atoms with van der Waals surface area (Å²) in [5.74, 6) is -1.13. The number of hydrogen-bond donors (Lipinski definition) is 3. The summed E-state index contributed by atoms with van der Waals surface area (Å²) in [6.07, 6.45) is 0. The number of hydrogen-bond acceptors (Lipinski definition) is 3. The molecule has 0 unspecified atom stereocenters. The average Bonchev–Trinajstić information content (AvgIpc) is 2.15. The minimum absolute atomic E-state index is 0.169. The Morgan fingerprint density at radius 2 is 2.12 bits per heavy atom. The van der Waals surface area contributed by atoms with Gasteiger partial charge in [0.2, 0.25) is 5.91 Å². The highest BCUT2D eigenvalue weighted by atomic mass is 79.9. The maximum atomic E-state index is 13.2. The number of benzene rings is 1. The Kier molecular flexibility index (Phi) is 4.24. The van der Waals surface area contributed by atoms with Gasteiger partial charge in [-0.05, 0) is 18.2 Å². The molecule has 1 rings (SSSR count). The molecule has 0 radical (unpaired) electrons. The van der Waals surface area contributed by atoms with Gasteiger partial charge in [0, 0.05) is 4.47 Å². The maximum Gasteiger partial charge on any atom is 0.318 e. The van der Waals surface area contributed by atoms with Crippen LogP contribution < -0.4 is 16.4 Å². The Hall–Kier alpha value is -1.63. The van der Waals surface area contributed by atoms with Crippen LogP contribution in [0.1, 0.15) is 0 Å². The highest BCUT2D eigenvalue weighted by molar-refractivity contribution is 9.10. The lowest BCUT2D eigenvalue weighted by Gasteiger charge is -2.06. The molecule has 0 fully saturated rings. The van der Waals surface area contributed by atoms with Crippen molar-refractivity contribution in [3.05, 3.63) is 28.5 Å². The van der Waals surface area contributed by atoms with Crippen molar-refractivity contribution < 1.29 is 14.0 Å². The molecule has 0 spiro atoms. The number of nitrogens with one attached hydrogen (secondary N) is 2. The number of carbonyl (C=O) groups is 2. The number of amides is 3. The molecule has 1 aromatic carbocycles. The van der Waals surface area contributed by atoms with Gasteiger partial charge in [0.15, 0.2) is 0 Å². The van der Waals surface area contributed by atoms with Gasteiger partial charge in [0.05, 0.1) is 12.2 Å². The molecule has 1 aromatic rings. The van der Waals surface area contributed by atoms with Crippen molar-refractivity contribution in [1.82, 2.24) is 5.32 Å². The van der Waals surface area contributed by atoms with Gasteiger partial charge < -0.3 is 11.1 Å². The van der Waals surface area contributed by atoms with Crippen LogP contribution >= 0.6 is 15.9 Å². The van der Waals surface area contributed by atoms with Gasteiger partial charge in [0.1, 0.15) is 5.82 Å². The largest absolute Gasteiger partial charge is 0.374 e. The number of imide groups is 1. The van der Waals surface area contributed by atoms with E-state index in [4.69, 9.17) is 5.73 Å². The molecule has 0 atom stereocenters. The molecular formula is C9H9BrFN3O2. The summed E-state index contributed by atoms with van der Waals surface area (Å²) >= 11 is 3.10. The molecule has 4 N–H and O–H groups in total. The first kappa shape index (κ1) is 12.4. The molecule has 0 saturated heterocycles. The zero-order chi connectivity index (χ0) is 12.1. The summed E-state index contributed by atoms with van der Waals surface area (Å²) < 4.78 is 13.8. The molecule has 3 amide bonds. The summed E-state index contributed by atoms with van der Waals surface area (Å²) in [7, 11) is 0. The minimum Gasteiger partial charge on any atom is -0.374 e. The second-order valence-electron chi connectivity index (χ2n) is 2.89. The topological polar surface area (TPSA) is 84.2 Å². The maximum absolute atomic E-state index is 13.2. The molecule has 0 aromatic heterocycles. The van der Waals surface area contributed by atoms with Crippen molar-refractivity contribution in [1.29, 1.82) is 0 Å². The van der Waals surface area contributed by atoms with Crippen LogP contribution in [0.15, 0.2) is 22.7 Å². The fourth-order valence-electron chi connectivity index (χ4n) is 0.990. The molecule has 0 aliphatic rings. The van der Waals surface area contributed by atoms with Crippen molar-refractivity contribution >= 4 is 33.6 Å². The van der Waals surface area contributed by atoms with Gasteiger partial charge in [0.25, 0.3) is 0 Å². The first-order valence-corrected chi connectivity index (χ1v) is 5.06. The highest BCUT2D eigenvalue weighted by Crippen LogP contribution is 2.18. The summed E-state index contributed by atoms with van der Waals surface area (Å²) in [5.41, 5.74) is 4.90. The molecule has 0 heterocycles. The van der Waals surface area contributed by atoms with E-state index in [1.165, 1.54) is 12.1 Å². The van der Waals surface area contributed by atoms with Crippen LogP contribution in [0.2, 0.25) is 0 Å². The van der Waals surface area contributed by atoms with Crippen molar-refractivity contribution in [3.63, 3.8) is 0 Å². The number of halogens is 2. The predicted octanol–water partition coefficient (Wildman–Crippen LogP) is 1.19. The van der Waals surface area contributed by atoms with Crippen LogP contribution in [0, 0.1) is 5.82 Å². The first-order valence-electron chi connectivity index (χ1n) is 4.27. The van der Waals surface area contributed by atoms with Crippen molar-refractivity contribution in [2.45, 2.75) is 0 Å². The Bertz CT molecular complexity index is 425. The third kappa shape index (κ3) is 3.85. The second-order valence-corrected chi connectivity index (χ2v) is 3.81. The molecule has 0 aliphatic heterocycles. The summed E-state index contributed by atoms with van der Waals surface area (Å²) in [5, 5.41) is 4.38. The molecular weight excluding hydrogens is 281 g/mol. The number of carbonyl (C=O) groups excluding carboxylic acids is 2. The Labute approximate surface area is 99.3 Å². The van der Waals surface area contributed by atoms with Crippen molar-refractivity contribution in [2.24, 2.45) is 5.73 Å². The van der Waals surface area contributed by atoms with E-state index in [0.29, 0.717) is 4.47 Å². The van der Waals surface area contributed by atoms with E-state index in [-0.39, 0.29) is 12.2 Å². The third-order valence-electron chi connectivity index (χ3n) is 1.63. The Morgan fingerprint density at radius 1 is 1.44 bits per heavy atom. The van der Waals surface area contributed by atoms with Crippen LogP contribution in [-0.2, 0) is 4.79 Å². The van der Waals surface area contributed by atoms with Gasteiger partial charge in [-0.25, -0.2) is 9.18 Å². The van der Waals surface area contributed by atoms with Crippen molar-refractivity contribution in [3.8, 4) is 0 Å². The summed E-state index contributed by atoms with van der Waals surface area (Å²) in [6.45, 7) is -0.235. The van der Waals surface area contributed by atoms with Crippen LogP contribution in [0.25, 0.3) is 0 Å². The summed E-state index contributed by atoms with van der Waals surface area (Å²) in [4.78, 5) is 21.3. The number of primary amides is 1. The molecule has 0 aliphatic carbocycles. The van der Waals surface area contributed by atoms with Crippen LogP contribution in [0.3, 0.4) is 0 Å². The quantitative estimate of drug-likeness (QED) is 0.782. The zero-order valence-corrected chi connectivity index (χ0v) is 9.67. The second kappa shape index (κ2) is 5.45. The van der Waals surface area contributed by atoms with Gasteiger partial charge in [-0.3, -0.25) is 10.1 Å². The van der Waals surface area contributed by atoms with E-state index in [0.717, 1.165) is 0 Å². The van der Waals surface area contributed by atoms with E-state index >= 15 is 0 Å². The third-order valence-corrected chi connectivity index (χ3v) is 2.13. The molecule has 7 heteroatoms. The molecule has 16 heavy (non-hydrogen) atoms. The Morgan fingerprint density at radius 3 is 2.69 bits per heavy atom. The SMILES string of the molecule is NC(=O)NC(=O)CNc1ccc(Br)cc1F. The fraction of sp³-hybridized carbons (Fsp3) is 0.111.